The van der Waals surface area contributed by atoms with Crippen molar-refractivity contribution in [3.63, 3.8) is 0 Å². The molecule has 0 saturated carbocycles. The molecule has 0 radical (unpaired) electrons. The van der Waals surface area contributed by atoms with Crippen molar-refractivity contribution in [3.8, 4) is 5.75 Å². The fourth-order valence-electron chi connectivity index (χ4n) is 5.28. The number of hydrogen-bond donors (Lipinski definition) is 1. The monoisotopic (exact) mass is 557 g/mol. The zero-order valence-corrected chi connectivity index (χ0v) is 23.2. The SMILES string of the molecule is COC(=O)C(Cc1ccc(OCc2ccccc2)cc1)OC(=O)N1CCC(N2CCc3ccccc3NC2=O)CC1. The summed E-state index contributed by atoms with van der Waals surface area (Å²) in [6.07, 6.45) is 0.587. The van der Waals surface area contributed by atoms with Gasteiger partial charge in [-0.15, -0.1) is 0 Å². The highest BCUT2D eigenvalue weighted by molar-refractivity contribution is 5.91. The van der Waals surface area contributed by atoms with Crippen LogP contribution < -0.4 is 10.1 Å². The Hall–Kier alpha value is -4.53. The average molecular weight is 558 g/mol. The maximum Gasteiger partial charge on any atom is 0.410 e. The quantitative estimate of drug-likeness (QED) is 0.390. The summed E-state index contributed by atoms with van der Waals surface area (Å²) in [4.78, 5) is 41.9. The molecule has 0 spiro atoms. The van der Waals surface area contributed by atoms with Crippen LogP contribution >= 0.6 is 0 Å². The van der Waals surface area contributed by atoms with Gasteiger partial charge in [-0.25, -0.2) is 14.4 Å². The summed E-state index contributed by atoms with van der Waals surface area (Å²) in [7, 11) is 1.28. The van der Waals surface area contributed by atoms with Crippen molar-refractivity contribution in [2.45, 2.75) is 44.4 Å². The summed E-state index contributed by atoms with van der Waals surface area (Å²) in [6, 6.07) is 25.0. The van der Waals surface area contributed by atoms with Crippen LogP contribution in [0.3, 0.4) is 0 Å². The third-order valence-corrected chi connectivity index (χ3v) is 7.61. The molecule has 3 aromatic carbocycles. The van der Waals surface area contributed by atoms with E-state index in [1.807, 2.05) is 83.8 Å². The number of carbonyl (C=O) groups excluding carboxylic acids is 3. The molecule has 2 aliphatic rings. The number of likely N-dealkylation sites (tertiary alicyclic amines) is 1. The van der Waals surface area contributed by atoms with E-state index in [1.165, 1.54) is 7.11 Å². The zero-order valence-electron chi connectivity index (χ0n) is 23.2. The van der Waals surface area contributed by atoms with Crippen LogP contribution in [0.5, 0.6) is 5.75 Å². The lowest BCUT2D eigenvalue weighted by Gasteiger charge is -2.37. The van der Waals surface area contributed by atoms with Crippen LogP contribution in [0.15, 0.2) is 78.9 Å². The number of benzene rings is 3. The van der Waals surface area contributed by atoms with Gasteiger partial charge in [-0.2, -0.15) is 0 Å². The maximum atomic E-state index is 13.0. The van der Waals surface area contributed by atoms with Crippen molar-refractivity contribution in [3.05, 3.63) is 95.6 Å². The summed E-state index contributed by atoms with van der Waals surface area (Å²) < 4.78 is 16.4. The molecule has 1 unspecified atom stereocenters. The number of amides is 3. The Kier molecular flexibility index (Phi) is 9.03. The fourth-order valence-corrected chi connectivity index (χ4v) is 5.28. The van der Waals surface area contributed by atoms with Crippen LogP contribution in [-0.2, 0) is 33.7 Å². The van der Waals surface area contributed by atoms with Crippen molar-refractivity contribution in [2.75, 3.05) is 32.1 Å². The van der Waals surface area contributed by atoms with Gasteiger partial charge in [0.2, 0.25) is 6.10 Å². The van der Waals surface area contributed by atoms with Crippen molar-refractivity contribution >= 4 is 23.8 Å². The van der Waals surface area contributed by atoms with E-state index >= 15 is 0 Å². The molecule has 0 bridgehead atoms. The number of esters is 1. The predicted octanol–water partition coefficient (Wildman–Crippen LogP) is 5.04. The van der Waals surface area contributed by atoms with Crippen molar-refractivity contribution in [1.82, 2.24) is 9.80 Å². The van der Waals surface area contributed by atoms with Crippen molar-refractivity contribution in [1.29, 1.82) is 0 Å². The van der Waals surface area contributed by atoms with Gasteiger partial charge in [0, 0.05) is 37.8 Å². The molecule has 3 aromatic rings. The van der Waals surface area contributed by atoms with Gasteiger partial charge in [0.25, 0.3) is 0 Å². The van der Waals surface area contributed by atoms with Gasteiger partial charge in [-0.3, -0.25) is 0 Å². The summed E-state index contributed by atoms with van der Waals surface area (Å²) >= 11 is 0. The highest BCUT2D eigenvalue weighted by Gasteiger charge is 2.33. The molecule has 0 aromatic heterocycles. The minimum absolute atomic E-state index is 0.0207. The zero-order chi connectivity index (χ0) is 28.6. The van der Waals surface area contributed by atoms with Crippen LogP contribution in [0.4, 0.5) is 15.3 Å². The van der Waals surface area contributed by atoms with Crippen LogP contribution in [0.1, 0.15) is 29.5 Å². The Balaban J connectivity index is 1.12. The van der Waals surface area contributed by atoms with E-state index in [9.17, 15) is 14.4 Å². The molecular formula is C32H35N3O6. The Labute approximate surface area is 240 Å². The summed E-state index contributed by atoms with van der Waals surface area (Å²) in [5.74, 6) is 0.0903. The first kappa shape index (κ1) is 28.0. The number of hydrogen-bond acceptors (Lipinski definition) is 6. The molecule has 1 saturated heterocycles. The number of piperidine rings is 1. The number of methoxy groups -OCH3 is 1. The first-order valence-electron chi connectivity index (χ1n) is 13.9. The third-order valence-electron chi connectivity index (χ3n) is 7.61. The van der Waals surface area contributed by atoms with Crippen LogP contribution in [0.25, 0.3) is 0 Å². The molecule has 3 amide bonds. The number of ether oxygens (including phenoxy) is 3. The largest absolute Gasteiger partial charge is 0.489 e. The van der Waals surface area contributed by atoms with E-state index in [0.29, 0.717) is 44.8 Å². The number of nitrogens with one attached hydrogen (secondary N) is 1. The average Bonchev–Trinajstić information content (AvgIpc) is 3.18. The maximum absolute atomic E-state index is 13.0. The van der Waals surface area contributed by atoms with E-state index in [-0.39, 0.29) is 18.5 Å². The summed E-state index contributed by atoms with van der Waals surface area (Å²) in [5, 5.41) is 3.01. The lowest BCUT2D eigenvalue weighted by Crippen LogP contribution is -2.50. The van der Waals surface area contributed by atoms with Crippen LogP contribution in [0, 0.1) is 0 Å². The molecule has 9 nitrogen and oxygen atoms in total. The lowest BCUT2D eigenvalue weighted by atomic mass is 10.0. The number of urea groups is 1. The molecule has 214 valence electrons. The third kappa shape index (κ3) is 7.16. The molecule has 1 N–H and O–H groups in total. The molecule has 1 fully saturated rings. The standard InChI is InChI=1S/C32H35N3O6/c1-39-30(36)29(21-23-11-13-27(14-12-23)40-22-24-7-3-2-4-8-24)41-32(38)34-18-16-26(17-19-34)35-20-15-25-9-5-6-10-28(25)33-31(35)37/h2-14,26,29H,15-22H2,1H3,(H,33,37). The lowest BCUT2D eigenvalue weighted by molar-refractivity contribution is -0.151. The van der Waals surface area contributed by atoms with Crippen LogP contribution in [0.2, 0.25) is 0 Å². The summed E-state index contributed by atoms with van der Waals surface area (Å²) in [6.45, 7) is 1.94. The second kappa shape index (κ2) is 13.2. The number of anilines is 1. The highest BCUT2D eigenvalue weighted by Crippen LogP contribution is 2.25. The fraction of sp³-hybridized carbons (Fsp3) is 0.344. The number of rotatable bonds is 8. The number of fused-ring (bicyclic) bond motifs is 1. The highest BCUT2D eigenvalue weighted by atomic mass is 16.6. The van der Waals surface area contributed by atoms with Gasteiger partial charge in [0.05, 0.1) is 7.11 Å². The second-order valence-corrected chi connectivity index (χ2v) is 10.3. The van der Waals surface area contributed by atoms with E-state index in [1.54, 1.807) is 4.90 Å². The van der Waals surface area contributed by atoms with Crippen molar-refractivity contribution < 1.29 is 28.6 Å². The molecule has 5 rings (SSSR count). The van der Waals surface area contributed by atoms with Gasteiger partial charge in [-0.1, -0.05) is 60.7 Å². The molecule has 1 atom stereocenters. The molecular weight excluding hydrogens is 522 g/mol. The first-order chi connectivity index (χ1) is 20.0. The normalized spacial score (nSPS) is 16.2. The van der Waals surface area contributed by atoms with Gasteiger partial charge in [0.15, 0.2) is 0 Å². The molecule has 9 heteroatoms. The Bertz CT molecular complexity index is 1340. The molecule has 41 heavy (non-hydrogen) atoms. The van der Waals surface area contributed by atoms with Gasteiger partial charge >= 0.3 is 18.1 Å². The Morgan fingerprint density at radius 2 is 1.61 bits per heavy atom. The number of para-hydroxylation sites is 1. The Morgan fingerprint density at radius 1 is 0.902 bits per heavy atom. The molecule has 2 aliphatic heterocycles. The minimum atomic E-state index is -1.07. The summed E-state index contributed by atoms with van der Waals surface area (Å²) in [5.41, 5.74) is 3.85. The first-order valence-corrected chi connectivity index (χ1v) is 13.9. The topological polar surface area (TPSA) is 97.4 Å². The van der Waals surface area contributed by atoms with Crippen LogP contribution in [-0.4, -0.2) is 66.8 Å². The van der Waals surface area contributed by atoms with E-state index in [0.717, 1.165) is 28.8 Å². The molecule has 2 heterocycles. The van der Waals surface area contributed by atoms with E-state index in [4.69, 9.17) is 14.2 Å². The van der Waals surface area contributed by atoms with Crippen molar-refractivity contribution in [2.24, 2.45) is 0 Å². The van der Waals surface area contributed by atoms with Gasteiger partial charge in [0.1, 0.15) is 12.4 Å². The van der Waals surface area contributed by atoms with Gasteiger partial charge < -0.3 is 29.3 Å². The minimum Gasteiger partial charge on any atom is -0.489 e. The smallest absolute Gasteiger partial charge is 0.410 e. The number of carbonyl (C=O) groups is 3. The predicted molar refractivity (Wildman–Crippen MR) is 154 cm³/mol. The number of nitrogens with zero attached hydrogens (tertiary/aromatic N) is 2. The van der Waals surface area contributed by atoms with E-state index < -0.39 is 18.2 Å². The van der Waals surface area contributed by atoms with Gasteiger partial charge in [-0.05, 0) is 54.2 Å². The Morgan fingerprint density at radius 3 is 2.34 bits per heavy atom. The molecule has 0 aliphatic carbocycles. The van der Waals surface area contributed by atoms with E-state index in [2.05, 4.69) is 5.32 Å². The second-order valence-electron chi connectivity index (χ2n) is 10.3.